The highest BCUT2D eigenvalue weighted by molar-refractivity contribution is 7.99. The molecule has 0 bridgehead atoms. The van der Waals surface area contributed by atoms with Crippen molar-refractivity contribution in [2.45, 2.75) is 62.7 Å². The average molecular weight is 414 g/mol. The van der Waals surface area contributed by atoms with E-state index in [0.717, 1.165) is 49.1 Å². The van der Waals surface area contributed by atoms with Crippen molar-refractivity contribution in [3.05, 3.63) is 36.2 Å². The van der Waals surface area contributed by atoms with Gasteiger partial charge in [0.15, 0.2) is 11.0 Å². The van der Waals surface area contributed by atoms with E-state index in [1.807, 2.05) is 30.1 Å². The molecule has 0 atom stereocenters. The summed E-state index contributed by atoms with van der Waals surface area (Å²) in [5.41, 5.74) is 1.06. The second-order valence-corrected chi connectivity index (χ2v) is 9.08. The van der Waals surface area contributed by atoms with Gasteiger partial charge in [0.25, 0.3) is 0 Å². The number of hydrogen-bond donors (Lipinski definition) is 0. The predicted molar refractivity (Wildman–Crippen MR) is 116 cm³/mol. The fraction of sp³-hybridized carbons (Fsp3) is 0.591. The van der Waals surface area contributed by atoms with Gasteiger partial charge in [0.1, 0.15) is 0 Å². The number of hydrogen-bond acceptors (Lipinski definition) is 5. The molecule has 1 aliphatic carbocycles. The molecule has 156 valence electrons. The van der Waals surface area contributed by atoms with Crippen molar-refractivity contribution < 1.29 is 4.79 Å². The molecular weight excluding hydrogens is 382 g/mol. The molecule has 1 aromatic carbocycles. The molecule has 0 N–H and O–H groups in total. The van der Waals surface area contributed by atoms with Gasteiger partial charge in [-0.3, -0.25) is 14.3 Å². The molecule has 29 heavy (non-hydrogen) atoms. The van der Waals surface area contributed by atoms with Crippen molar-refractivity contribution >= 4 is 17.7 Å². The van der Waals surface area contributed by atoms with Crippen LogP contribution >= 0.6 is 11.8 Å². The molecule has 0 radical (unpaired) electrons. The average Bonchev–Trinajstić information content (AvgIpc) is 3.43. The Hall–Kier alpha value is -1.86. The second kappa shape index (κ2) is 9.76. The molecule has 2 aromatic rings. The molecule has 7 heteroatoms. The van der Waals surface area contributed by atoms with E-state index in [1.165, 1.54) is 43.9 Å². The van der Waals surface area contributed by atoms with Gasteiger partial charge in [-0.2, -0.15) is 0 Å². The molecule has 1 aromatic heterocycles. The number of carbonyl (C=O) groups is 1. The lowest BCUT2D eigenvalue weighted by atomic mass is 9.94. The summed E-state index contributed by atoms with van der Waals surface area (Å²) in [4.78, 5) is 17.2. The van der Waals surface area contributed by atoms with Crippen molar-refractivity contribution in [3.8, 4) is 5.69 Å². The van der Waals surface area contributed by atoms with E-state index in [-0.39, 0.29) is 5.91 Å². The highest BCUT2D eigenvalue weighted by Crippen LogP contribution is 2.26. The van der Waals surface area contributed by atoms with Crippen molar-refractivity contribution in [1.29, 1.82) is 0 Å². The predicted octanol–water partition coefficient (Wildman–Crippen LogP) is 3.75. The van der Waals surface area contributed by atoms with Gasteiger partial charge in [-0.25, -0.2) is 0 Å². The minimum absolute atomic E-state index is 0.186. The Labute approximate surface area is 177 Å². The number of amides is 1. The first-order valence-corrected chi connectivity index (χ1v) is 11.8. The van der Waals surface area contributed by atoms with Gasteiger partial charge < -0.3 is 4.90 Å². The third-order valence-electron chi connectivity index (χ3n) is 6.12. The summed E-state index contributed by atoms with van der Waals surface area (Å²) in [5.74, 6) is 1.54. The Kier molecular flexibility index (Phi) is 6.87. The Morgan fingerprint density at radius 1 is 1.07 bits per heavy atom. The molecule has 4 rings (SSSR count). The number of rotatable bonds is 7. The highest BCUT2D eigenvalue weighted by atomic mass is 32.2. The minimum Gasteiger partial charge on any atom is -0.342 e. The lowest BCUT2D eigenvalue weighted by Gasteiger charge is -2.31. The summed E-state index contributed by atoms with van der Waals surface area (Å²) in [6.07, 6.45) is 8.54. The fourth-order valence-corrected chi connectivity index (χ4v) is 5.27. The Morgan fingerprint density at radius 3 is 2.52 bits per heavy atom. The standard InChI is InChI=1S/C22H31N5OS/c1-25(18-10-4-2-5-11-18)21(28)17-29-22-24-23-20(16-26-14-8-9-15-26)27(22)19-12-6-3-7-13-19/h3,6-7,12-13,18H,2,4-5,8-11,14-17H2,1H3. The first-order chi connectivity index (χ1) is 14.2. The van der Waals surface area contributed by atoms with E-state index in [0.29, 0.717) is 11.8 Å². The van der Waals surface area contributed by atoms with E-state index >= 15 is 0 Å². The third kappa shape index (κ3) is 5.01. The largest absolute Gasteiger partial charge is 0.342 e. The van der Waals surface area contributed by atoms with Crippen LogP contribution in [0.3, 0.4) is 0 Å². The van der Waals surface area contributed by atoms with Gasteiger partial charge in [-0.15, -0.1) is 10.2 Å². The number of likely N-dealkylation sites (tertiary alicyclic amines) is 1. The Balaban J connectivity index is 1.47. The first-order valence-electron chi connectivity index (χ1n) is 10.8. The third-order valence-corrected chi connectivity index (χ3v) is 7.03. The monoisotopic (exact) mass is 413 g/mol. The number of thioether (sulfide) groups is 1. The van der Waals surface area contributed by atoms with Gasteiger partial charge in [0.2, 0.25) is 5.91 Å². The molecule has 2 fully saturated rings. The summed E-state index contributed by atoms with van der Waals surface area (Å²) < 4.78 is 2.12. The number of benzene rings is 1. The molecule has 2 aliphatic rings. The number of aromatic nitrogens is 3. The molecule has 1 saturated heterocycles. The summed E-state index contributed by atoms with van der Waals surface area (Å²) in [5, 5.41) is 9.75. The van der Waals surface area contributed by atoms with Crippen LogP contribution in [-0.2, 0) is 11.3 Å². The summed E-state index contributed by atoms with van der Waals surface area (Å²) in [6.45, 7) is 3.04. The van der Waals surface area contributed by atoms with Gasteiger partial charge in [0, 0.05) is 18.8 Å². The van der Waals surface area contributed by atoms with Gasteiger partial charge in [-0.05, 0) is 50.9 Å². The van der Waals surface area contributed by atoms with Crippen LogP contribution in [0.5, 0.6) is 0 Å². The molecule has 1 saturated carbocycles. The number of carbonyl (C=O) groups excluding carboxylic acids is 1. The van der Waals surface area contributed by atoms with E-state index in [9.17, 15) is 4.79 Å². The van der Waals surface area contributed by atoms with E-state index in [1.54, 1.807) is 0 Å². The summed E-state index contributed by atoms with van der Waals surface area (Å²) in [6, 6.07) is 10.6. The highest BCUT2D eigenvalue weighted by Gasteiger charge is 2.24. The molecule has 0 spiro atoms. The normalized spacial score (nSPS) is 18.2. The molecule has 2 heterocycles. The zero-order chi connectivity index (χ0) is 20.1. The van der Waals surface area contributed by atoms with Crippen LogP contribution < -0.4 is 0 Å². The zero-order valence-corrected chi connectivity index (χ0v) is 18.1. The van der Waals surface area contributed by atoms with E-state index in [2.05, 4.69) is 31.8 Å². The van der Waals surface area contributed by atoms with Crippen LogP contribution in [0.25, 0.3) is 5.69 Å². The Bertz CT molecular complexity index is 797. The number of nitrogens with zero attached hydrogens (tertiary/aromatic N) is 5. The van der Waals surface area contributed by atoms with Crippen molar-refractivity contribution in [3.63, 3.8) is 0 Å². The summed E-state index contributed by atoms with van der Waals surface area (Å²) in [7, 11) is 1.96. The maximum absolute atomic E-state index is 12.8. The zero-order valence-electron chi connectivity index (χ0n) is 17.3. The van der Waals surface area contributed by atoms with Gasteiger partial charge >= 0.3 is 0 Å². The van der Waals surface area contributed by atoms with Crippen molar-refractivity contribution in [2.24, 2.45) is 0 Å². The first kappa shape index (κ1) is 20.4. The SMILES string of the molecule is CN(C(=O)CSc1nnc(CN2CCCC2)n1-c1ccccc1)C1CCCCC1. The fourth-order valence-electron chi connectivity index (χ4n) is 4.37. The smallest absolute Gasteiger partial charge is 0.233 e. The lowest BCUT2D eigenvalue weighted by Crippen LogP contribution is -2.39. The van der Waals surface area contributed by atoms with Crippen molar-refractivity contribution in [1.82, 2.24) is 24.6 Å². The minimum atomic E-state index is 0.186. The second-order valence-electron chi connectivity index (χ2n) is 8.14. The Morgan fingerprint density at radius 2 is 1.79 bits per heavy atom. The van der Waals surface area contributed by atoms with Gasteiger partial charge in [0.05, 0.1) is 12.3 Å². The maximum Gasteiger partial charge on any atom is 0.233 e. The van der Waals surface area contributed by atoms with E-state index in [4.69, 9.17) is 0 Å². The molecule has 6 nitrogen and oxygen atoms in total. The van der Waals surface area contributed by atoms with Crippen LogP contribution in [0.15, 0.2) is 35.5 Å². The summed E-state index contributed by atoms with van der Waals surface area (Å²) >= 11 is 1.50. The number of para-hydroxylation sites is 1. The van der Waals surface area contributed by atoms with E-state index < -0.39 is 0 Å². The topological polar surface area (TPSA) is 54.3 Å². The molecule has 1 amide bonds. The molecule has 0 unspecified atom stereocenters. The van der Waals surface area contributed by atoms with Crippen LogP contribution in [0.4, 0.5) is 0 Å². The van der Waals surface area contributed by atoms with Crippen LogP contribution in [-0.4, -0.2) is 62.4 Å². The van der Waals surface area contributed by atoms with Crippen molar-refractivity contribution in [2.75, 3.05) is 25.9 Å². The van der Waals surface area contributed by atoms with Crippen LogP contribution in [0, 0.1) is 0 Å². The molecule has 1 aliphatic heterocycles. The van der Waals surface area contributed by atoms with Gasteiger partial charge in [-0.1, -0.05) is 49.2 Å². The lowest BCUT2D eigenvalue weighted by molar-refractivity contribution is -0.129. The maximum atomic E-state index is 12.8. The quantitative estimate of drug-likeness (QED) is 0.647. The molecular formula is C22H31N5OS. The van der Waals surface area contributed by atoms with Crippen LogP contribution in [0.1, 0.15) is 50.8 Å². The van der Waals surface area contributed by atoms with Crippen LogP contribution in [0.2, 0.25) is 0 Å².